The van der Waals surface area contributed by atoms with Gasteiger partial charge in [0, 0.05) is 29.1 Å². The van der Waals surface area contributed by atoms with Crippen molar-refractivity contribution in [2.24, 2.45) is 11.8 Å². The van der Waals surface area contributed by atoms with Gasteiger partial charge in [0.25, 0.3) is 0 Å². The maximum Gasteiger partial charge on any atom is 0.244 e. The molecule has 4 nitrogen and oxygen atoms in total. The fraction of sp³-hybridized carbons (Fsp3) is 0.364. The average molecular weight is 382 g/mol. The molecular formula is C22H24ClN3O. The number of carbonyl (C=O) groups is 1. The molecule has 1 aliphatic rings. The number of benzene rings is 2. The van der Waals surface area contributed by atoms with E-state index in [0.29, 0.717) is 16.9 Å². The Morgan fingerprint density at radius 3 is 2.52 bits per heavy atom. The van der Waals surface area contributed by atoms with Gasteiger partial charge in [-0.05, 0) is 36.5 Å². The highest BCUT2D eigenvalue weighted by atomic mass is 35.5. The molecule has 1 fully saturated rings. The molecule has 2 aromatic carbocycles. The molecule has 1 aliphatic heterocycles. The Hall–Kier alpha value is -2.33. The molecular weight excluding hydrogens is 358 g/mol. The Morgan fingerprint density at radius 1 is 1.11 bits per heavy atom. The number of hydrogen-bond acceptors (Lipinski definition) is 2. The quantitative estimate of drug-likeness (QED) is 0.649. The highest BCUT2D eigenvalue weighted by molar-refractivity contribution is 6.31. The zero-order valence-corrected chi connectivity index (χ0v) is 16.5. The maximum atomic E-state index is 13.0. The number of rotatable bonds is 3. The molecule has 140 valence electrons. The van der Waals surface area contributed by atoms with E-state index in [2.05, 4.69) is 13.8 Å². The van der Waals surface area contributed by atoms with Crippen molar-refractivity contribution in [1.82, 2.24) is 14.7 Å². The first-order chi connectivity index (χ1) is 13.0. The summed E-state index contributed by atoms with van der Waals surface area (Å²) in [5, 5.41) is 6.43. The average Bonchev–Trinajstić information content (AvgIpc) is 2.99. The lowest BCUT2D eigenvalue weighted by molar-refractivity contribution is -0.134. The van der Waals surface area contributed by atoms with E-state index in [-0.39, 0.29) is 12.5 Å². The molecule has 5 heteroatoms. The number of aromatic nitrogens is 2. The van der Waals surface area contributed by atoms with Gasteiger partial charge in [-0.3, -0.25) is 9.48 Å². The first kappa shape index (κ1) is 18.1. The van der Waals surface area contributed by atoms with Crippen LogP contribution in [0, 0.1) is 11.8 Å². The van der Waals surface area contributed by atoms with Crippen LogP contribution in [0.4, 0.5) is 0 Å². The second-order valence-corrected chi connectivity index (χ2v) is 8.21. The number of amides is 1. The molecule has 3 aromatic rings. The van der Waals surface area contributed by atoms with Crippen LogP contribution in [0.1, 0.15) is 20.3 Å². The Balaban J connectivity index is 1.69. The maximum absolute atomic E-state index is 13.0. The Morgan fingerprint density at radius 2 is 1.81 bits per heavy atom. The normalized spacial score (nSPS) is 20.2. The Labute approximate surface area is 164 Å². The predicted molar refractivity (Wildman–Crippen MR) is 110 cm³/mol. The van der Waals surface area contributed by atoms with Gasteiger partial charge in [-0.2, -0.15) is 5.10 Å². The molecule has 0 unspecified atom stereocenters. The SMILES string of the molecule is C[C@@H]1C[C@@H](C)CN(C(=O)Cn2nc(-c3ccccc3)c3cc(Cl)ccc32)C1. The van der Waals surface area contributed by atoms with E-state index in [1.54, 1.807) is 0 Å². The summed E-state index contributed by atoms with van der Waals surface area (Å²) in [6.45, 7) is 6.35. The lowest BCUT2D eigenvalue weighted by atomic mass is 9.92. The molecule has 1 saturated heterocycles. The second-order valence-electron chi connectivity index (χ2n) is 7.78. The molecule has 4 rings (SSSR count). The number of piperidine rings is 1. The zero-order valence-electron chi connectivity index (χ0n) is 15.7. The van der Waals surface area contributed by atoms with Crippen LogP contribution in [0.2, 0.25) is 5.02 Å². The van der Waals surface area contributed by atoms with Gasteiger partial charge in [0.05, 0.1) is 5.52 Å². The van der Waals surface area contributed by atoms with Gasteiger partial charge in [-0.1, -0.05) is 55.8 Å². The number of halogens is 1. The smallest absolute Gasteiger partial charge is 0.244 e. The van der Waals surface area contributed by atoms with Gasteiger partial charge >= 0.3 is 0 Å². The standard InChI is InChI=1S/C22H24ClN3O/c1-15-10-16(2)13-25(12-15)21(27)14-26-20-9-8-18(23)11-19(20)22(24-26)17-6-4-3-5-7-17/h3-9,11,15-16H,10,12-14H2,1-2H3/t15-,16-/m1/s1. The Bertz CT molecular complexity index is 956. The van der Waals surface area contributed by atoms with Gasteiger partial charge in [-0.15, -0.1) is 0 Å². The van der Waals surface area contributed by atoms with E-state index in [0.717, 1.165) is 35.2 Å². The molecule has 0 aliphatic carbocycles. The summed E-state index contributed by atoms with van der Waals surface area (Å²) in [5.41, 5.74) is 2.82. The van der Waals surface area contributed by atoms with E-state index >= 15 is 0 Å². The van der Waals surface area contributed by atoms with Gasteiger partial charge in [-0.25, -0.2) is 0 Å². The van der Waals surface area contributed by atoms with E-state index in [1.807, 2.05) is 58.1 Å². The summed E-state index contributed by atoms with van der Waals surface area (Å²) in [6.07, 6.45) is 1.19. The Kier molecular flexibility index (Phi) is 4.92. The molecule has 0 spiro atoms. The first-order valence-corrected chi connectivity index (χ1v) is 9.88. The van der Waals surface area contributed by atoms with Crippen LogP contribution in [0.3, 0.4) is 0 Å². The van der Waals surface area contributed by atoms with Crippen LogP contribution < -0.4 is 0 Å². The van der Waals surface area contributed by atoms with E-state index in [4.69, 9.17) is 16.7 Å². The van der Waals surface area contributed by atoms with Gasteiger partial charge in [0.1, 0.15) is 12.2 Å². The van der Waals surface area contributed by atoms with Crippen LogP contribution in [0.15, 0.2) is 48.5 Å². The lowest BCUT2D eigenvalue weighted by Crippen LogP contribution is -2.44. The molecule has 0 bridgehead atoms. The molecule has 1 aromatic heterocycles. The molecule has 2 heterocycles. The lowest BCUT2D eigenvalue weighted by Gasteiger charge is -2.35. The van der Waals surface area contributed by atoms with Crippen LogP contribution in [0.5, 0.6) is 0 Å². The van der Waals surface area contributed by atoms with Gasteiger partial charge in [0.15, 0.2) is 0 Å². The fourth-order valence-corrected chi connectivity index (χ4v) is 4.35. The number of carbonyl (C=O) groups excluding carboxylic acids is 1. The minimum absolute atomic E-state index is 0.132. The molecule has 2 atom stereocenters. The van der Waals surface area contributed by atoms with Gasteiger partial charge < -0.3 is 4.90 Å². The van der Waals surface area contributed by atoms with E-state index in [1.165, 1.54) is 6.42 Å². The van der Waals surface area contributed by atoms with Crippen molar-refractivity contribution in [3.63, 3.8) is 0 Å². The largest absolute Gasteiger partial charge is 0.341 e. The van der Waals surface area contributed by atoms with Crippen molar-refractivity contribution in [3.8, 4) is 11.3 Å². The number of hydrogen-bond donors (Lipinski definition) is 0. The minimum Gasteiger partial charge on any atom is -0.341 e. The third kappa shape index (κ3) is 3.72. The summed E-state index contributed by atoms with van der Waals surface area (Å²) >= 11 is 6.23. The summed E-state index contributed by atoms with van der Waals surface area (Å²) < 4.78 is 1.82. The van der Waals surface area contributed by atoms with Crippen molar-refractivity contribution >= 4 is 28.4 Å². The predicted octanol–water partition coefficient (Wildman–Crippen LogP) is 4.86. The number of likely N-dealkylation sites (tertiary alicyclic amines) is 1. The third-order valence-corrected chi connectivity index (χ3v) is 5.50. The van der Waals surface area contributed by atoms with Crippen molar-refractivity contribution < 1.29 is 4.79 Å². The summed E-state index contributed by atoms with van der Waals surface area (Å²) in [5.74, 6) is 1.23. The number of fused-ring (bicyclic) bond motifs is 1. The van der Waals surface area contributed by atoms with Crippen LogP contribution in [-0.4, -0.2) is 33.7 Å². The van der Waals surface area contributed by atoms with E-state index in [9.17, 15) is 4.79 Å². The summed E-state index contributed by atoms with van der Waals surface area (Å²) in [4.78, 5) is 14.9. The van der Waals surface area contributed by atoms with Crippen molar-refractivity contribution in [2.75, 3.05) is 13.1 Å². The molecule has 1 amide bonds. The number of nitrogens with zero attached hydrogens (tertiary/aromatic N) is 3. The minimum atomic E-state index is 0.132. The fourth-order valence-electron chi connectivity index (χ4n) is 4.18. The third-order valence-electron chi connectivity index (χ3n) is 5.27. The van der Waals surface area contributed by atoms with E-state index < -0.39 is 0 Å². The molecule has 0 radical (unpaired) electrons. The molecule has 0 N–H and O–H groups in total. The highest BCUT2D eigenvalue weighted by Gasteiger charge is 2.26. The monoisotopic (exact) mass is 381 g/mol. The van der Waals surface area contributed by atoms with Crippen LogP contribution in [0.25, 0.3) is 22.2 Å². The van der Waals surface area contributed by atoms with Crippen LogP contribution >= 0.6 is 11.6 Å². The zero-order chi connectivity index (χ0) is 19.0. The van der Waals surface area contributed by atoms with Crippen molar-refractivity contribution in [1.29, 1.82) is 0 Å². The van der Waals surface area contributed by atoms with Crippen molar-refractivity contribution in [3.05, 3.63) is 53.6 Å². The van der Waals surface area contributed by atoms with Gasteiger partial charge in [0.2, 0.25) is 5.91 Å². The highest BCUT2D eigenvalue weighted by Crippen LogP contribution is 2.30. The summed E-state index contributed by atoms with van der Waals surface area (Å²) in [7, 11) is 0. The molecule has 27 heavy (non-hydrogen) atoms. The topological polar surface area (TPSA) is 38.1 Å². The molecule has 0 saturated carbocycles. The summed E-state index contributed by atoms with van der Waals surface area (Å²) in [6, 6.07) is 15.8. The van der Waals surface area contributed by atoms with Crippen molar-refractivity contribution in [2.45, 2.75) is 26.8 Å². The second kappa shape index (κ2) is 7.35. The first-order valence-electron chi connectivity index (χ1n) is 9.50. The van der Waals surface area contributed by atoms with Crippen LogP contribution in [-0.2, 0) is 11.3 Å².